The van der Waals surface area contributed by atoms with Gasteiger partial charge in [0.1, 0.15) is 0 Å². The quantitative estimate of drug-likeness (QED) is 0.859. The zero-order valence-electron chi connectivity index (χ0n) is 13.2. The highest BCUT2D eigenvalue weighted by Crippen LogP contribution is 2.35. The molecular weight excluding hydrogens is 290 g/mol. The number of amides is 2. The van der Waals surface area contributed by atoms with Crippen LogP contribution in [0.3, 0.4) is 0 Å². The summed E-state index contributed by atoms with van der Waals surface area (Å²) in [6.07, 6.45) is 5.86. The van der Waals surface area contributed by atoms with E-state index >= 15 is 0 Å². The number of urea groups is 1. The van der Waals surface area contributed by atoms with Crippen LogP contribution in [-0.2, 0) is 13.0 Å². The largest absolute Gasteiger partial charge is 0.395 e. The van der Waals surface area contributed by atoms with Gasteiger partial charge in [-0.2, -0.15) is 0 Å². The molecule has 5 nitrogen and oxygen atoms in total. The van der Waals surface area contributed by atoms with E-state index in [1.54, 1.807) is 4.90 Å². The zero-order valence-corrected chi connectivity index (χ0v) is 13.2. The average molecular weight is 313 g/mol. The summed E-state index contributed by atoms with van der Waals surface area (Å²) in [5, 5.41) is 12.3. The number of nitrogens with zero attached hydrogens (tertiary/aromatic N) is 2. The van der Waals surface area contributed by atoms with Gasteiger partial charge in [0.05, 0.1) is 12.6 Å². The van der Waals surface area contributed by atoms with Crippen molar-refractivity contribution in [3.63, 3.8) is 0 Å². The molecule has 0 fully saturated rings. The first-order chi connectivity index (χ1) is 11.3. The van der Waals surface area contributed by atoms with E-state index in [1.165, 1.54) is 11.1 Å². The van der Waals surface area contributed by atoms with Crippen LogP contribution >= 0.6 is 0 Å². The third kappa shape index (κ3) is 3.56. The number of hydrogen-bond acceptors (Lipinski definition) is 2. The fourth-order valence-electron chi connectivity index (χ4n) is 3.28. The van der Waals surface area contributed by atoms with Crippen molar-refractivity contribution >= 4 is 6.03 Å². The van der Waals surface area contributed by atoms with Gasteiger partial charge in [-0.25, -0.2) is 4.79 Å². The van der Waals surface area contributed by atoms with E-state index in [2.05, 4.69) is 17.4 Å². The summed E-state index contributed by atoms with van der Waals surface area (Å²) < 4.78 is 2.03. The highest BCUT2D eigenvalue weighted by Gasteiger charge is 2.30. The molecule has 2 amide bonds. The average Bonchev–Trinajstić information content (AvgIpc) is 3.22. The lowest BCUT2D eigenvalue weighted by Crippen LogP contribution is -2.44. The third-order valence-electron chi connectivity index (χ3n) is 4.39. The van der Waals surface area contributed by atoms with E-state index in [-0.39, 0.29) is 18.7 Å². The van der Waals surface area contributed by atoms with Gasteiger partial charge in [0.25, 0.3) is 0 Å². The minimum Gasteiger partial charge on any atom is -0.395 e. The fraction of sp³-hybridized carbons (Fsp3) is 0.389. The molecule has 0 saturated heterocycles. The lowest BCUT2D eigenvalue weighted by atomic mass is 10.1. The summed E-state index contributed by atoms with van der Waals surface area (Å²) in [6, 6.07) is 12.1. The smallest absolute Gasteiger partial charge is 0.318 e. The number of aliphatic hydroxyl groups is 1. The highest BCUT2D eigenvalue weighted by molar-refractivity contribution is 5.75. The molecule has 23 heavy (non-hydrogen) atoms. The molecule has 122 valence electrons. The van der Waals surface area contributed by atoms with E-state index < -0.39 is 0 Å². The number of aliphatic hydroxyl groups excluding tert-OH is 1. The molecule has 1 atom stereocenters. The second-order valence-corrected chi connectivity index (χ2v) is 5.82. The second-order valence-electron chi connectivity index (χ2n) is 5.82. The molecule has 1 aromatic carbocycles. The first-order valence-electron chi connectivity index (χ1n) is 8.13. The van der Waals surface area contributed by atoms with Crippen molar-refractivity contribution in [3.05, 3.63) is 59.9 Å². The maximum atomic E-state index is 12.6. The Balaban J connectivity index is 1.63. The molecule has 2 N–H and O–H groups in total. The Labute approximate surface area is 136 Å². The number of aromatic nitrogens is 1. The van der Waals surface area contributed by atoms with Crippen molar-refractivity contribution in [3.8, 4) is 0 Å². The number of hydrogen-bond donors (Lipinski definition) is 2. The van der Waals surface area contributed by atoms with Crippen LogP contribution in [0.25, 0.3) is 0 Å². The number of carbonyl (C=O) groups is 1. The predicted octanol–water partition coefficient (Wildman–Crippen LogP) is 2.18. The lowest BCUT2D eigenvalue weighted by molar-refractivity contribution is 0.151. The summed E-state index contributed by atoms with van der Waals surface area (Å²) in [4.78, 5) is 14.3. The van der Waals surface area contributed by atoms with Crippen LogP contribution in [0.4, 0.5) is 4.79 Å². The van der Waals surface area contributed by atoms with Crippen LogP contribution in [0, 0.1) is 0 Å². The Morgan fingerprint density at radius 1 is 1.26 bits per heavy atom. The number of fused-ring (bicyclic) bond motifs is 1. The molecular formula is C18H23N3O2. The number of aryl methyl sites for hydroxylation is 1. The zero-order chi connectivity index (χ0) is 16.1. The van der Waals surface area contributed by atoms with Crippen LogP contribution in [0.2, 0.25) is 0 Å². The predicted molar refractivity (Wildman–Crippen MR) is 89.1 cm³/mol. The van der Waals surface area contributed by atoms with E-state index in [0.29, 0.717) is 13.1 Å². The number of nitrogens with one attached hydrogen (secondary N) is 1. The molecule has 1 aromatic heterocycles. The Bertz CT molecular complexity index is 639. The molecule has 0 radical (unpaired) electrons. The normalized spacial score (nSPS) is 16.1. The molecule has 2 aromatic rings. The van der Waals surface area contributed by atoms with Gasteiger partial charge in [-0.15, -0.1) is 0 Å². The van der Waals surface area contributed by atoms with Gasteiger partial charge < -0.3 is 19.9 Å². The minimum atomic E-state index is -0.104. The minimum absolute atomic E-state index is 0.0241. The molecule has 1 aliphatic carbocycles. The molecule has 0 bridgehead atoms. The van der Waals surface area contributed by atoms with Crippen molar-refractivity contribution < 1.29 is 9.90 Å². The summed E-state index contributed by atoms with van der Waals surface area (Å²) >= 11 is 0. The summed E-state index contributed by atoms with van der Waals surface area (Å²) in [5.74, 6) is 0. The van der Waals surface area contributed by atoms with E-state index in [9.17, 15) is 9.90 Å². The Hall–Kier alpha value is -2.27. The summed E-state index contributed by atoms with van der Waals surface area (Å²) in [5.41, 5.74) is 2.52. The number of carbonyl (C=O) groups excluding carboxylic acids is 1. The van der Waals surface area contributed by atoms with E-state index in [1.807, 2.05) is 41.2 Å². The van der Waals surface area contributed by atoms with Crippen LogP contribution in [0.1, 0.15) is 23.6 Å². The summed E-state index contributed by atoms with van der Waals surface area (Å²) in [7, 11) is 0. The van der Waals surface area contributed by atoms with Crippen molar-refractivity contribution in [1.82, 2.24) is 14.8 Å². The van der Waals surface area contributed by atoms with Gasteiger partial charge in [0.15, 0.2) is 0 Å². The topological polar surface area (TPSA) is 57.5 Å². The molecule has 0 saturated carbocycles. The van der Waals surface area contributed by atoms with Crippen LogP contribution in [0.5, 0.6) is 0 Å². The van der Waals surface area contributed by atoms with Crippen LogP contribution in [-0.4, -0.2) is 40.3 Å². The monoisotopic (exact) mass is 313 g/mol. The molecule has 0 aliphatic heterocycles. The third-order valence-corrected chi connectivity index (χ3v) is 4.39. The molecule has 3 rings (SSSR count). The number of rotatable bonds is 6. The fourth-order valence-corrected chi connectivity index (χ4v) is 3.28. The second kappa shape index (κ2) is 7.33. The van der Waals surface area contributed by atoms with Gasteiger partial charge in [0.2, 0.25) is 0 Å². The molecule has 1 unspecified atom stereocenters. The molecule has 1 heterocycles. The lowest BCUT2D eigenvalue weighted by Gasteiger charge is -2.29. The first kappa shape index (κ1) is 15.6. The Kier molecular flexibility index (Phi) is 4.98. The van der Waals surface area contributed by atoms with Gasteiger partial charge in [-0.3, -0.25) is 0 Å². The Morgan fingerprint density at radius 2 is 2.04 bits per heavy atom. The highest BCUT2D eigenvalue weighted by atomic mass is 16.3. The maximum Gasteiger partial charge on any atom is 0.318 e. The van der Waals surface area contributed by atoms with Crippen LogP contribution in [0.15, 0.2) is 48.8 Å². The first-order valence-corrected chi connectivity index (χ1v) is 8.13. The van der Waals surface area contributed by atoms with Gasteiger partial charge >= 0.3 is 6.03 Å². The van der Waals surface area contributed by atoms with Gasteiger partial charge in [-0.1, -0.05) is 24.3 Å². The van der Waals surface area contributed by atoms with Gasteiger partial charge in [0, 0.05) is 32.0 Å². The Morgan fingerprint density at radius 3 is 2.83 bits per heavy atom. The molecule has 0 spiro atoms. The van der Waals surface area contributed by atoms with Crippen molar-refractivity contribution in [2.75, 3.05) is 19.7 Å². The molecule has 1 aliphatic rings. The maximum absolute atomic E-state index is 12.6. The van der Waals surface area contributed by atoms with Crippen molar-refractivity contribution in [2.24, 2.45) is 0 Å². The number of benzene rings is 1. The standard InChI is InChI=1S/C18H23N3O2/c22-14-13-21(17-8-7-15-5-1-2-6-16(15)17)18(23)19-9-12-20-10-3-4-11-20/h1-6,10-11,17,22H,7-9,12-14H2,(H,19,23). The molecule has 5 heteroatoms. The SMILES string of the molecule is O=C(NCCn1cccc1)N(CCO)C1CCc2ccccc21. The summed E-state index contributed by atoms with van der Waals surface area (Å²) in [6.45, 7) is 1.65. The van der Waals surface area contributed by atoms with Gasteiger partial charge in [-0.05, 0) is 36.1 Å². The van der Waals surface area contributed by atoms with E-state index in [4.69, 9.17) is 0 Å². The van der Waals surface area contributed by atoms with Crippen molar-refractivity contribution in [2.45, 2.75) is 25.4 Å². The van der Waals surface area contributed by atoms with Crippen LogP contribution < -0.4 is 5.32 Å². The van der Waals surface area contributed by atoms with Crippen molar-refractivity contribution in [1.29, 1.82) is 0 Å². The van der Waals surface area contributed by atoms with E-state index in [0.717, 1.165) is 19.4 Å².